The van der Waals surface area contributed by atoms with E-state index in [1.807, 2.05) is 75.4 Å². The first-order valence-electron chi connectivity index (χ1n) is 12.9. The number of thioether (sulfide) groups is 1. The van der Waals surface area contributed by atoms with E-state index in [9.17, 15) is 4.79 Å². The normalized spacial score (nSPS) is 15.5. The number of aromatic nitrogens is 1. The maximum atomic E-state index is 13.7. The fourth-order valence-corrected chi connectivity index (χ4v) is 7.45. The minimum Gasteiger partial charge on any atom is -0.494 e. The highest BCUT2D eigenvalue weighted by Crippen LogP contribution is 2.40. The fraction of sp³-hybridized carbons (Fsp3) is 0.129. The smallest absolute Gasteiger partial charge is 0.271 e. The SMILES string of the molecule is CCOc1ccc2nc(Sc3ccc(/C=C4\SC(=Nc5ccc(C)c(Cl)c5)N(c5ccc(C)c(Cl)c5)C4=O)o3)sc2c1. The van der Waals surface area contributed by atoms with Crippen LogP contribution in [0.5, 0.6) is 5.75 Å². The number of carbonyl (C=O) groups is 1. The number of aryl methyl sites for hydroxylation is 2. The molecule has 1 aliphatic heterocycles. The van der Waals surface area contributed by atoms with Gasteiger partial charge in [-0.2, -0.15) is 0 Å². The molecule has 11 heteroatoms. The van der Waals surface area contributed by atoms with Gasteiger partial charge in [-0.3, -0.25) is 9.69 Å². The molecule has 6 rings (SSSR count). The van der Waals surface area contributed by atoms with Crippen molar-refractivity contribution in [1.29, 1.82) is 0 Å². The Hall–Kier alpha value is -3.21. The summed E-state index contributed by atoms with van der Waals surface area (Å²) in [6.45, 7) is 6.42. The zero-order valence-electron chi connectivity index (χ0n) is 22.7. The van der Waals surface area contributed by atoms with Gasteiger partial charge in [0.1, 0.15) is 11.5 Å². The van der Waals surface area contributed by atoms with Gasteiger partial charge in [0, 0.05) is 16.1 Å². The van der Waals surface area contributed by atoms with Crippen LogP contribution in [-0.4, -0.2) is 22.7 Å². The zero-order chi connectivity index (χ0) is 29.4. The molecule has 0 bridgehead atoms. The molecule has 1 fully saturated rings. The molecule has 1 saturated heterocycles. The molecule has 42 heavy (non-hydrogen) atoms. The summed E-state index contributed by atoms with van der Waals surface area (Å²) in [6.07, 6.45) is 1.73. The van der Waals surface area contributed by atoms with Crippen molar-refractivity contribution in [1.82, 2.24) is 4.98 Å². The van der Waals surface area contributed by atoms with E-state index >= 15 is 0 Å². The lowest BCUT2D eigenvalue weighted by Crippen LogP contribution is -2.28. The Bertz CT molecular complexity index is 1900. The molecule has 3 aromatic carbocycles. The first-order chi connectivity index (χ1) is 20.3. The lowest BCUT2D eigenvalue weighted by molar-refractivity contribution is -0.113. The Morgan fingerprint density at radius 2 is 1.81 bits per heavy atom. The summed E-state index contributed by atoms with van der Waals surface area (Å²) in [7, 11) is 0. The number of fused-ring (bicyclic) bond motifs is 1. The highest BCUT2D eigenvalue weighted by molar-refractivity contribution is 8.19. The van der Waals surface area contributed by atoms with Crippen LogP contribution in [0.4, 0.5) is 11.4 Å². The standard InChI is InChI=1S/C31H23Cl2N3O3S3/c1-4-38-21-9-11-25-26(15-21)41-31(35-25)42-28-12-10-22(39-28)16-27-29(37)36(20-8-6-18(3)24(33)14-20)30(40-27)34-19-7-5-17(2)23(32)13-19/h5-16H,4H2,1-3H3/b27-16-,34-30?. The molecule has 0 aliphatic carbocycles. The molecule has 212 valence electrons. The van der Waals surface area contributed by atoms with Gasteiger partial charge in [-0.05, 0) is 110 Å². The molecule has 3 heterocycles. The quantitative estimate of drug-likeness (QED) is 0.163. The molecule has 6 nitrogen and oxygen atoms in total. The van der Waals surface area contributed by atoms with E-state index in [0.717, 1.165) is 31.4 Å². The topological polar surface area (TPSA) is 67.9 Å². The predicted molar refractivity (Wildman–Crippen MR) is 176 cm³/mol. The second-order valence-corrected chi connectivity index (χ2v) is 13.4. The molecule has 2 aromatic heterocycles. The number of thiazole rings is 1. The first-order valence-corrected chi connectivity index (χ1v) is 16.1. The van der Waals surface area contributed by atoms with Crippen molar-refractivity contribution in [2.45, 2.75) is 30.2 Å². The lowest BCUT2D eigenvalue weighted by atomic mass is 10.2. The van der Waals surface area contributed by atoms with Gasteiger partial charge >= 0.3 is 0 Å². The maximum absolute atomic E-state index is 13.7. The summed E-state index contributed by atoms with van der Waals surface area (Å²) in [5.74, 6) is 1.15. The van der Waals surface area contributed by atoms with Crippen LogP contribution < -0.4 is 9.64 Å². The van der Waals surface area contributed by atoms with Crippen molar-refractivity contribution in [3.8, 4) is 5.75 Å². The van der Waals surface area contributed by atoms with E-state index in [2.05, 4.69) is 0 Å². The summed E-state index contributed by atoms with van der Waals surface area (Å²) < 4.78 is 13.6. The molecule has 0 spiro atoms. The van der Waals surface area contributed by atoms with Gasteiger partial charge in [0.05, 0.1) is 33.1 Å². The molecule has 0 atom stereocenters. The van der Waals surface area contributed by atoms with Gasteiger partial charge < -0.3 is 9.15 Å². The molecule has 0 saturated carbocycles. The van der Waals surface area contributed by atoms with Crippen molar-refractivity contribution in [3.63, 3.8) is 0 Å². The molecule has 0 radical (unpaired) electrons. The van der Waals surface area contributed by atoms with Crippen LogP contribution in [0.2, 0.25) is 10.0 Å². The average molecular weight is 653 g/mol. The van der Waals surface area contributed by atoms with Gasteiger partial charge in [-0.25, -0.2) is 9.98 Å². The number of hydrogen-bond acceptors (Lipinski definition) is 8. The van der Waals surface area contributed by atoms with Crippen LogP contribution in [0.15, 0.2) is 90.5 Å². The second kappa shape index (κ2) is 12.2. The number of anilines is 1. The highest BCUT2D eigenvalue weighted by Gasteiger charge is 2.35. The maximum Gasteiger partial charge on any atom is 0.271 e. The van der Waals surface area contributed by atoms with E-state index in [-0.39, 0.29) is 5.91 Å². The summed E-state index contributed by atoms with van der Waals surface area (Å²) in [4.78, 5) is 25.2. The summed E-state index contributed by atoms with van der Waals surface area (Å²) >= 11 is 17.0. The third-order valence-electron chi connectivity index (χ3n) is 6.31. The van der Waals surface area contributed by atoms with Gasteiger partial charge in [0.2, 0.25) is 0 Å². The third-order valence-corrected chi connectivity index (χ3v) is 10.1. The van der Waals surface area contributed by atoms with Crippen LogP contribution in [0.25, 0.3) is 16.3 Å². The van der Waals surface area contributed by atoms with Gasteiger partial charge in [-0.1, -0.05) is 35.3 Å². The van der Waals surface area contributed by atoms with Gasteiger partial charge in [0.15, 0.2) is 14.6 Å². The predicted octanol–water partition coefficient (Wildman–Crippen LogP) is 10.2. The summed E-state index contributed by atoms with van der Waals surface area (Å²) in [5, 5.41) is 2.34. The number of amides is 1. The minimum atomic E-state index is -0.223. The van der Waals surface area contributed by atoms with Crippen LogP contribution >= 0.6 is 58.1 Å². The third kappa shape index (κ3) is 6.11. The number of aliphatic imine (C=N–C) groups is 1. The van der Waals surface area contributed by atoms with Crippen molar-refractivity contribution >= 4 is 96.8 Å². The Morgan fingerprint density at radius 3 is 2.57 bits per heavy atom. The number of ether oxygens (including phenoxy) is 1. The molecule has 1 amide bonds. The minimum absolute atomic E-state index is 0.223. The number of amidine groups is 1. The van der Waals surface area contributed by atoms with E-state index < -0.39 is 0 Å². The number of furan rings is 1. The summed E-state index contributed by atoms with van der Waals surface area (Å²) in [5.41, 5.74) is 4.05. The van der Waals surface area contributed by atoms with Crippen LogP contribution in [0, 0.1) is 13.8 Å². The lowest BCUT2D eigenvalue weighted by Gasteiger charge is -2.16. The highest BCUT2D eigenvalue weighted by atomic mass is 35.5. The van der Waals surface area contributed by atoms with E-state index in [4.69, 9.17) is 42.3 Å². The fourth-order valence-electron chi connectivity index (χ4n) is 4.13. The molecule has 5 aromatic rings. The van der Waals surface area contributed by atoms with Crippen LogP contribution in [0.1, 0.15) is 23.8 Å². The van der Waals surface area contributed by atoms with Crippen LogP contribution in [0.3, 0.4) is 0 Å². The van der Waals surface area contributed by atoms with Gasteiger partial charge in [0.25, 0.3) is 5.91 Å². The zero-order valence-corrected chi connectivity index (χ0v) is 26.6. The van der Waals surface area contributed by atoms with Crippen molar-refractivity contribution in [2.24, 2.45) is 4.99 Å². The number of carbonyl (C=O) groups excluding carboxylic acids is 1. The number of hydrogen-bond donors (Lipinski definition) is 0. The van der Waals surface area contributed by atoms with Crippen molar-refractivity contribution in [2.75, 3.05) is 11.5 Å². The molecular weight excluding hydrogens is 629 g/mol. The Morgan fingerprint density at radius 1 is 1.02 bits per heavy atom. The molecule has 0 N–H and O–H groups in total. The Labute approximate surface area is 265 Å². The molecule has 1 aliphatic rings. The number of nitrogens with zero attached hydrogens (tertiary/aromatic N) is 3. The number of rotatable bonds is 7. The Balaban J connectivity index is 1.28. The van der Waals surface area contributed by atoms with E-state index in [1.165, 1.54) is 23.5 Å². The second-order valence-electron chi connectivity index (χ2n) is 9.31. The van der Waals surface area contributed by atoms with E-state index in [0.29, 0.717) is 49.0 Å². The summed E-state index contributed by atoms with van der Waals surface area (Å²) in [6, 6.07) is 20.7. The largest absolute Gasteiger partial charge is 0.494 e. The van der Waals surface area contributed by atoms with E-state index in [1.54, 1.807) is 34.4 Å². The van der Waals surface area contributed by atoms with Crippen LogP contribution in [-0.2, 0) is 4.79 Å². The molecular formula is C31H23Cl2N3O3S3. The first kappa shape index (κ1) is 28.9. The monoisotopic (exact) mass is 651 g/mol. The average Bonchev–Trinajstić information content (AvgIpc) is 3.65. The Kier molecular flexibility index (Phi) is 8.38. The number of halogens is 2. The van der Waals surface area contributed by atoms with Gasteiger partial charge in [-0.15, -0.1) is 11.3 Å². The van der Waals surface area contributed by atoms with Crippen molar-refractivity contribution < 1.29 is 13.9 Å². The molecule has 0 unspecified atom stereocenters. The van der Waals surface area contributed by atoms with Crippen molar-refractivity contribution in [3.05, 3.63) is 98.6 Å². The number of benzene rings is 3.